The maximum atomic E-state index is 11.8. The first kappa shape index (κ1) is 9.52. The molecular formula is C12H12N2O. The second kappa shape index (κ2) is 3.61. The summed E-state index contributed by atoms with van der Waals surface area (Å²) in [6.45, 7) is 1.96. The van der Waals surface area contributed by atoms with Crippen molar-refractivity contribution >= 4 is 5.69 Å². The van der Waals surface area contributed by atoms with Crippen LogP contribution >= 0.6 is 0 Å². The van der Waals surface area contributed by atoms with Crippen molar-refractivity contribution in [3.8, 4) is 5.69 Å². The zero-order valence-corrected chi connectivity index (χ0v) is 8.47. The molecule has 76 valence electrons. The molecule has 0 saturated heterocycles. The van der Waals surface area contributed by atoms with Gasteiger partial charge in [-0.3, -0.25) is 9.36 Å². The molecule has 0 atom stereocenters. The van der Waals surface area contributed by atoms with Gasteiger partial charge in [0.1, 0.15) is 0 Å². The third kappa shape index (κ3) is 1.64. The van der Waals surface area contributed by atoms with E-state index in [0.717, 1.165) is 11.3 Å². The Kier molecular flexibility index (Phi) is 2.29. The molecule has 0 amide bonds. The minimum Gasteiger partial charge on any atom is -0.394 e. The summed E-state index contributed by atoms with van der Waals surface area (Å²) in [4.78, 5) is 11.8. The summed E-state index contributed by atoms with van der Waals surface area (Å²) in [6, 6.07) is 11.1. The van der Waals surface area contributed by atoms with E-state index >= 15 is 0 Å². The summed E-state index contributed by atoms with van der Waals surface area (Å²) in [7, 11) is 0. The molecule has 15 heavy (non-hydrogen) atoms. The van der Waals surface area contributed by atoms with Gasteiger partial charge in [0.25, 0.3) is 5.56 Å². The van der Waals surface area contributed by atoms with Gasteiger partial charge < -0.3 is 5.73 Å². The number of anilines is 1. The van der Waals surface area contributed by atoms with Crippen molar-refractivity contribution in [2.24, 2.45) is 0 Å². The van der Waals surface area contributed by atoms with Crippen LogP contribution in [0.1, 0.15) is 5.56 Å². The highest BCUT2D eigenvalue weighted by molar-refractivity contribution is 5.44. The van der Waals surface area contributed by atoms with Gasteiger partial charge in [-0.1, -0.05) is 18.2 Å². The molecule has 3 nitrogen and oxygen atoms in total. The largest absolute Gasteiger partial charge is 0.394 e. The highest BCUT2D eigenvalue weighted by Gasteiger charge is 2.03. The number of pyridine rings is 1. The quantitative estimate of drug-likeness (QED) is 0.762. The Labute approximate surface area is 87.8 Å². The zero-order valence-electron chi connectivity index (χ0n) is 8.47. The Bertz CT molecular complexity index is 543. The normalized spacial score (nSPS) is 10.2. The molecule has 1 aromatic heterocycles. The van der Waals surface area contributed by atoms with Crippen LogP contribution in [0, 0.1) is 6.92 Å². The number of hydrogen-bond donors (Lipinski definition) is 1. The lowest BCUT2D eigenvalue weighted by Crippen LogP contribution is -2.20. The smallest absolute Gasteiger partial charge is 0.278 e. The first-order chi connectivity index (χ1) is 7.20. The maximum Gasteiger partial charge on any atom is 0.278 e. The second-order valence-corrected chi connectivity index (χ2v) is 3.43. The van der Waals surface area contributed by atoms with Crippen LogP contribution in [0.2, 0.25) is 0 Å². The number of nitrogens with two attached hydrogens (primary N) is 1. The monoisotopic (exact) mass is 200 g/mol. The summed E-state index contributed by atoms with van der Waals surface area (Å²) in [5.41, 5.74) is 7.58. The fourth-order valence-electron chi connectivity index (χ4n) is 1.53. The lowest BCUT2D eigenvalue weighted by atomic mass is 10.2. The number of benzene rings is 1. The molecule has 0 aliphatic rings. The van der Waals surface area contributed by atoms with Crippen molar-refractivity contribution in [3.05, 3.63) is 58.5 Å². The van der Waals surface area contributed by atoms with Gasteiger partial charge in [0.15, 0.2) is 0 Å². The molecule has 0 saturated carbocycles. The molecule has 0 aliphatic carbocycles. The van der Waals surface area contributed by atoms with Crippen LogP contribution in [0.15, 0.2) is 47.4 Å². The lowest BCUT2D eigenvalue weighted by molar-refractivity contribution is 0.982. The lowest BCUT2D eigenvalue weighted by Gasteiger charge is -2.08. The standard InChI is InChI=1S/C12H12N2O/c1-9-5-2-3-7-11(9)14-8-4-6-10(13)12(14)15/h2-8H,13H2,1H3. The molecule has 0 radical (unpaired) electrons. The van der Waals surface area contributed by atoms with E-state index in [2.05, 4.69) is 0 Å². The topological polar surface area (TPSA) is 48.0 Å². The summed E-state index contributed by atoms with van der Waals surface area (Å²) in [5, 5.41) is 0. The third-order valence-corrected chi connectivity index (χ3v) is 2.35. The maximum absolute atomic E-state index is 11.8. The van der Waals surface area contributed by atoms with Gasteiger partial charge >= 0.3 is 0 Å². The van der Waals surface area contributed by atoms with Crippen LogP contribution < -0.4 is 11.3 Å². The number of rotatable bonds is 1. The summed E-state index contributed by atoms with van der Waals surface area (Å²) >= 11 is 0. The minimum atomic E-state index is -0.174. The van der Waals surface area contributed by atoms with Gasteiger partial charge in [0.2, 0.25) is 0 Å². The van der Waals surface area contributed by atoms with Crippen molar-refractivity contribution in [1.29, 1.82) is 0 Å². The van der Waals surface area contributed by atoms with E-state index in [1.54, 1.807) is 22.9 Å². The van der Waals surface area contributed by atoms with Crippen LogP contribution in [-0.2, 0) is 0 Å². The fourth-order valence-corrected chi connectivity index (χ4v) is 1.53. The molecular weight excluding hydrogens is 188 g/mol. The van der Waals surface area contributed by atoms with Crippen LogP contribution in [0.4, 0.5) is 5.69 Å². The van der Waals surface area contributed by atoms with Crippen molar-refractivity contribution in [2.75, 3.05) is 5.73 Å². The first-order valence-corrected chi connectivity index (χ1v) is 4.73. The number of aryl methyl sites for hydroxylation is 1. The van der Waals surface area contributed by atoms with E-state index in [1.807, 2.05) is 31.2 Å². The zero-order chi connectivity index (χ0) is 10.8. The predicted molar refractivity (Wildman–Crippen MR) is 61.2 cm³/mol. The molecule has 0 aliphatic heterocycles. The Morgan fingerprint density at radius 3 is 2.60 bits per heavy atom. The molecule has 1 aromatic carbocycles. The van der Waals surface area contributed by atoms with Gasteiger partial charge in [-0.15, -0.1) is 0 Å². The van der Waals surface area contributed by atoms with E-state index in [0.29, 0.717) is 0 Å². The average molecular weight is 200 g/mol. The molecule has 2 N–H and O–H groups in total. The number of para-hydroxylation sites is 1. The van der Waals surface area contributed by atoms with Gasteiger partial charge in [-0.25, -0.2) is 0 Å². The number of aromatic nitrogens is 1. The van der Waals surface area contributed by atoms with Crippen molar-refractivity contribution in [2.45, 2.75) is 6.92 Å². The molecule has 2 aromatic rings. The number of hydrogen-bond acceptors (Lipinski definition) is 2. The van der Waals surface area contributed by atoms with E-state index < -0.39 is 0 Å². The van der Waals surface area contributed by atoms with Crippen LogP contribution in [0.25, 0.3) is 5.69 Å². The Morgan fingerprint density at radius 2 is 1.87 bits per heavy atom. The van der Waals surface area contributed by atoms with Crippen molar-refractivity contribution in [3.63, 3.8) is 0 Å². The van der Waals surface area contributed by atoms with Crippen LogP contribution in [0.5, 0.6) is 0 Å². The van der Waals surface area contributed by atoms with Crippen LogP contribution in [-0.4, -0.2) is 4.57 Å². The number of nitrogen functional groups attached to an aromatic ring is 1. The number of nitrogens with zero attached hydrogens (tertiary/aromatic N) is 1. The summed E-state index contributed by atoms with van der Waals surface area (Å²) in [5.74, 6) is 0. The Balaban J connectivity index is 2.70. The van der Waals surface area contributed by atoms with Gasteiger partial charge in [-0.05, 0) is 30.7 Å². The highest BCUT2D eigenvalue weighted by atomic mass is 16.1. The van der Waals surface area contributed by atoms with E-state index in [4.69, 9.17) is 5.73 Å². The van der Waals surface area contributed by atoms with Gasteiger partial charge in [-0.2, -0.15) is 0 Å². The first-order valence-electron chi connectivity index (χ1n) is 4.73. The predicted octanol–water partition coefficient (Wildman–Crippen LogP) is 1.73. The van der Waals surface area contributed by atoms with Gasteiger partial charge in [0, 0.05) is 6.20 Å². The minimum absolute atomic E-state index is 0.174. The summed E-state index contributed by atoms with van der Waals surface area (Å²) < 4.78 is 1.56. The summed E-state index contributed by atoms with van der Waals surface area (Å²) in [6.07, 6.45) is 1.72. The van der Waals surface area contributed by atoms with Crippen molar-refractivity contribution < 1.29 is 0 Å². The molecule has 3 heteroatoms. The molecule has 0 unspecified atom stereocenters. The SMILES string of the molecule is Cc1ccccc1-n1cccc(N)c1=O. The highest BCUT2D eigenvalue weighted by Crippen LogP contribution is 2.11. The second-order valence-electron chi connectivity index (χ2n) is 3.43. The molecule has 2 rings (SSSR count). The van der Waals surface area contributed by atoms with E-state index in [1.165, 1.54) is 0 Å². The van der Waals surface area contributed by atoms with Crippen molar-refractivity contribution in [1.82, 2.24) is 4.57 Å². The Morgan fingerprint density at radius 1 is 1.13 bits per heavy atom. The Hall–Kier alpha value is -2.03. The van der Waals surface area contributed by atoms with Gasteiger partial charge in [0.05, 0.1) is 11.4 Å². The average Bonchev–Trinajstić information content (AvgIpc) is 2.23. The fraction of sp³-hybridized carbons (Fsp3) is 0.0833. The molecule has 0 bridgehead atoms. The third-order valence-electron chi connectivity index (χ3n) is 2.35. The molecule has 1 heterocycles. The van der Waals surface area contributed by atoms with E-state index in [9.17, 15) is 4.79 Å². The molecule has 0 spiro atoms. The van der Waals surface area contributed by atoms with E-state index in [-0.39, 0.29) is 11.2 Å². The molecule has 0 fully saturated rings. The van der Waals surface area contributed by atoms with Crippen LogP contribution in [0.3, 0.4) is 0 Å².